The summed E-state index contributed by atoms with van der Waals surface area (Å²) >= 11 is 1.06. The average Bonchev–Trinajstić information content (AvgIpc) is 2.90. The SMILES string of the molecule is N#CSc1ccc(NC(=O)Cc2cn3cc(F)ccc3n2)cc1. The van der Waals surface area contributed by atoms with E-state index in [1.165, 1.54) is 12.3 Å². The van der Waals surface area contributed by atoms with Crippen LogP contribution in [0.1, 0.15) is 5.69 Å². The number of nitrogens with zero attached hydrogens (tertiary/aromatic N) is 3. The summed E-state index contributed by atoms with van der Waals surface area (Å²) in [6.07, 6.45) is 3.04. The van der Waals surface area contributed by atoms with Gasteiger partial charge in [-0.25, -0.2) is 9.37 Å². The first-order chi connectivity index (χ1) is 11.1. The molecule has 114 valence electrons. The topological polar surface area (TPSA) is 70.2 Å². The molecule has 0 radical (unpaired) electrons. The van der Waals surface area contributed by atoms with Crippen molar-refractivity contribution < 1.29 is 9.18 Å². The van der Waals surface area contributed by atoms with Crippen LogP contribution in [0.15, 0.2) is 53.7 Å². The van der Waals surface area contributed by atoms with Crippen molar-refractivity contribution in [3.05, 3.63) is 60.3 Å². The number of thioether (sulfide) groups is 1. The van der Waals surface area contributed by atoms with Crippen molar-refractivity contribution in [2.45, 2.75) is 11.3 Å². The summed E-state index contributed by atoms with van der Waals surface area (Å²) in [4.78, 5) is 17.1. The van der Waals surface area contributed by atoms with Gasteiger partial charge >= 0.3 is 0 Å². The number of anilines is 1. The minimum Gasteiger partial charge on any atom is -0.326 e. The van der Waals surface area contributed by atoms with Gasteiger partial charge in [-0.05, 0) is 48.2 Å². The normalized spacial score (nSPS) is 10.4. The highest BCUT2D eigenvalue weighted by Crippen LogP contribution is 2.19. The third-order valence-corrected chi connectivity index (χ3v) is 3.71. The smallest absolute Gasteiger partial charge is 0.230 e. The van der Waals surface area contributed by atoms with E-state index >= 15 is 0 Å². The molecule has 3 rings (SSSR count). The van der Waals surface area contributed by atoms with Crippen LogP contribution in [0.25, 0.3) is 5.65 Å². The van der Waals surface area contributed by atoms with Crippen molar-refractivity contribution in [1.82, 2.24) is 9.38 Å². The molecular formula is C16H11FN4OS. The van der Waals surface area contributed by atoms with Crippen LogP contribution in [-0.2, 0) is 11.2 Å². The molecule has 0 saturated heterocycles. The lowest BCUT2D eigenvalue weighted by Gasteiger charge is -2.04. The standard InChI is InChI=1S/C16H11FN4OS/c17-11-1-6-15-19-13(9-21(15)8-11)7-16(22)20-12-2-4-14(5-3-12)23-10-18/h1-6,8-9H,7H2,(H,20,22). The van der Waals surface area contributed by atoms with E-state index < -0.39 is 0 Å². The molecule has 0 saturated carbocycles. The molecule has 0 spiro atoms. The van der Waals surface area contributed by atoms with Crippen molar-refractivity contribution in [2.24, 2.45) is 0 Å². The zero-order valence-electron chi connectivity index (χ0n) is 11.9. The van der Waals surface area contributed by atoms with E-state index in [9.17, 15) is 9.18 Å². The van der Waals surface area contributed by atoms with E-state index in [0.29, 0.717) is 17.0 Å². The van der Waals surface area contributed by atoms with Gasteiger partial charge in [-0.1, -0.05) is 0 Å². The van der Waals surface area contributed by atoms with Crippen LogP contribution in [0.4, 0.5) is 10.1 Å². The van der Waals surface area contributed by atoms with Gasteiger partial charge in [0.25, 0.3) is 0 Å². The van der Waals surface area contributed by atoms with Gasteiger partial charge in [0.15, 0.2) is 0 Å². The Hall–Kier alpha value is -2.85. The number of hydrogen-bond acceptors (Lipinski definition) is 4. The maximum absolute atomic E-state index is 13.1. The van der Waals surface area contributed by atoms with Gasteiger partial charge in [0.1, 0.15) is 16.9 Å². The number of fused-ring (bicyclic) bond motifs is 1. The molecule has 0 atom stereocenters. The summed E-state index contributed by atoms with van der Waals surface area (Å²) in [6.45, 7) is 0. The van der Waals surface area contributed by atoms with Crippen molar-refractivity contribution in [2.75, 3.05) is 5.32 Å². The monoisotopic (exact) mass is 326 g/mol. The summed E-state index contributed by atoms with van der Waals surface area (Å²) < 4.78 is 14.7. The Bertz CT molecular complexity index is 899. The number of thiocyanates is 1. The Morgan fingerprint density at radius 2 is 2.04 bits per heavy atom. The van der Waals surface area contributed by atoms with Crippen LogP contribution in [0.5, 0.6) is 0 Å². The number of pyridine rings is 1. The number of aromatic nitrogens is 2. The summed E-state index contributed by atoms with van der Waals surface area (Å²) in [5, 5.41) is 13.3. The van der Waals surface area contributed by atoms with E-state index in [1.807, 2.05) is 5.40 Å². The molecule has 1 aromatic carbocycles. The van der Waals surface area contributed by atoms with Crippen LogP contribution < -0.4 is 5.32 Å². The van der Waals surface area contributed by atoms with Gasteiger partial charge < -0.3 is 9.72 Å². The molecule has 1 N–H and O–H groups in total. The molecule has 2 aromatic heterocycles. The van der Waals surface area contributed by atoms with Crippen LogP contribution >= 0.6 is 11.8 Å². The van der Waals surface area contributed by atoms with E-state index in [4.69, 9.17) is 5.26 Å². The van der Waals surface area contributed by atoms with Gasteiger partial charge in [0, 0.05) is 23.0 Å². The van der Waals surface area contributed by atoms with Gasteiger partial charge in [-0.2, -0.15) is 5.26 Å². The lowest BCUT2D eigenvalue weighted by molar-refractivity contribution is -0.115. The number of nitrogens with one attached hydrogen (secondary N) is 1. The predicted octanol–water partition coefficient (Wildman–Crippen LogP) is 3.23. The van der Waals surface area contributed by atoms with Gasteiger partial charge in [-0.15, -0.1) is 0 Å². The second-order valence-corrected chi connectivity index (χ2v) is 5.65. The summed E-state index contributed by atoms with van der Waals surface area (Å²) in [5.74, 6) is -0.573. The highest BCUT2D eigenvalue weighted by molar-refractivity contribution is 8.03. The Morgan fingerprint density at radius 1 is 1.26 bits per heavy atom. The maximum atomic E-state index is 13.1. The third kappa shape index (κ3) is 3.67. The first kappa shape index (κ1) is 15.1. The van der Waals surface area contributed by atoms with E-state index in [1.54, 1.807) is 40.9 Å². The largest absolute Gasteiger partial charge is 0.326 e. The van der Waals surface area contributed by atoms with Gasteiger partial charge in [0.05, 0.1) is 12.1 Å². The molecule has 0 bridgehead atoms. The minimum atomic E-state index is -0.360. The summed E-state index contributed by atoms with van der Waals surface area (Å²) in [7, 11) is 0. The van der Waals surface area contributed by atoms with Crippen LogP contribution in [0, 0.1) is 16.5 Å². The predicted molar refractivity (Wildman–Crippen MR) is 85.4 cm³/mol. The number of carbonyl (C=O) groups excluding carboxylic acids is 1. The van der Waals surface area contributed by atoms with E-state index in [-0.39, 0.29) is 18.1 Å². The Kier molecular flexibility index (Phi) is 4.26. The second kappa shape index (κ2) is 6.50. The molecule has 0 aliphatic carbocycles. The number of amides is 1. The Labute approximate surface area is 135 Å². The Morgan fingerprint density at radius 3 is 2.78 bits per heavy atom. The number of imidazole rings is 1. The maximum Gasteiger partial charge on any atom is 0.230 e. The van der Waals surface area contributed by atoms with E-state index in [2.05, 4.69) is 10.3 Å². The number of rotatable bonds is 4. The molecule has 0 aliphatic heterocycles. The quantitative estimate of drug-likeness (QED) is 0.590. The molecule has 5 nitrogen and oxygen atoms in total. The Balaban J connectivity index is 1.67. The highest BCUT2D eigenvalue weighted by atomic mass is 32.2. The fourth-order valence-corrected chi connectivity index (χ4v) is 2.51. The summed E-state index contributed by atoms with van der Waals surface area (Å²) in [5.41, 5.74) is 1.80. The van der Waals surface area contributed by atoms with Crippen molar-refractivity contribution in [3.8, 4) is 5.40 Å². The molecule has 3 aromatic rings. The van der Waals surface area contributed by atoms with E-state index in [0.717, 1.165) is 16.7 Å². The van der Waals surface area contributed by atoms with Gasteiger partial charge in [-0.3, -0.25) is 4.79 Å². The molecule has 7 heteroatoms. The number of hydrogen-bond donors (Lipinski definition) is 1. The second-order valence-electron chi connectivity index (χ2n) is 4.79. The molecule has 2 heterocycles. The molecule has 0 unspecified atom stereocenters. The zero-order chi connectivity index (χ0) is 16.2. The first-order valence-corrected chi connectivity index (χ1v) is 7.55. The molecular weight excluding hydrogens is 315 g/mol. The lowest BCUT2D eigenvalue weighted by Crippen LogP contribution is -2.14. The minimum absolute atomic E-state index is 0.0952. The molecule has 23 heavy (non-hydrogen) atoms. The first-order valence-electron chi connectivity index (χ1n) is 6.73. The fourth-order valence-electron chi connectivity index (χ4n) is 2.13. The van der Waals surface area contributed by atoms with Crippen molar-refractivity contribution >= 4 is 29.0 Å². The highest BCUT2D eigenvalue weighted by Gasteiger charge is 2.08. The van der Waals surface area contributed by atoms with Crippen LogP contribution in [0.2, 0.25) is 0 Å². The molecule has 0 fully saturated rings. The van der Waals surface area contributed by atoms with Crippen molar-refractivity contribution in [1.29, 1.82) is 5.26 Å². The third-order valence-electron chi connectivity index (χ3n) is 3.11. The van der Waals surface area contributed by atoms with Crippen molar-refractivity contribution in [3.63, 3.8) is 0 Å². The lowest BCUT2D eigenvalue weighted by atomic mass is 10.3. The fraction of sp³-hybridized carbons (Fsp3) is 0.0625. The van der Waals surface area contributed by atoms with Crippen LogP contribution in [-0.4, -0.2) is 15.3 Å². The average molecular weight is 326 g/mol. The summed E-state index contributed by atoms with van der Waals surface area (Å²) in [6, 6.07) is 9.87. The molecule has 0 aliphatic rings. The zero-order valence-corrected chi connectivity index (χ0v) is 12.7. The number of nitriles is 1. The van der Waals surface area contributed by atoms with Gasteiger partial charge in [0.2, 0.25) is 5.91 Å². The number of carbonyl (C=O) groups is 1. The number of benzene rings is 1. The molecule has 1 amide bonds. The number of halogens is 1. The van der Waals surface area contributed by atoms with Crippen LogP contribution in [0.3, 0.4) is 0 Å².